The van der Waals surface area contributed by atoms with Crippen LogP contribution in [0, 0.1) is 0 Å². The Morgan fingerprint density at radius 2 is 2.10 bits per heavy atom. The minimum atomic E-state index is 0.295. The van der Waals surface area contributed by atoms with E-state index in [0.29, 0.717) is 29.7 Å². The molecule has 3 aromatic rings. The molecule has 6 nitrogen and oxygen atoms in total. The first kappa shape index (κ1) is 12.2. The molecule has 0 unspecified atom stereocenters. The van der Waals surface area contributed by atoms with E-state index in [4.69, 9.17) is 10.5 Å². The number of rotatable bonds is 4. The largest absolute Gasteiger partial charge is 0.486 e. The van der Waals surface area contributed by atoms with Crippen LogP contribution in [0.3, 0.4) is 0 Å². The zero-order chi connectivity index (χ0) is 13.8. The molecule has 0 aliphatic rings. The Morgan fingerprint density at radius 3 is 2.90 bits per heavy atom. The van der Waals surface area contributed by atoms with Crippen molar-refractivity contribution < 1.29 is 4.74 Å². The first-order valence-electron chi connectivity index (χ1n) is 6.12. The molecule has 0 saturated carbocycles. The summed E-state index contributed by atoms with van der Waals surface area (Å²) < 4.78 is 5.59. The van der Waals surface area contributed by atoms with Gasteiger partial charge in [-0.1, -0.05) is 12.1 Å². The minimum absolute atomic E-state index is 0.295. The Balaban J connectivity index is 1.69. The van der Waals surface area contributed by atoms with Crippen molar-refractivity contribution in [2.45, 2.75) is 6.61 Å². The fourth-order valence-electron chi connectivity index (χ4n) is 1.73. The van der Waals surface area contributed by atoms with Crippen LogP contribution in [0.5, 0.6) is 5.75 Å². The number of hydrogen-bond acceptors (Lipinski definition) is 5. The third kappa shape index (κ3) is 2.74. The Hall–Kier alpha value is -2.89. The number of ether oxygens (including phenoxy) is 1. The number of anilines is 1. The van der Waals surface area contributed by atoms with Gasteiger partial charge >= 0.3 is 0 Å². The van der Waals surface area contributed by atoms with E-state index in [0.717, 1.165) is 5.69 Å². The Bertz CT molecular complexity index is 696. The normalized spacial score (nSPS) is 10.4. The van der Waals surface area contributed by atoms with Crippen LogP contribution >= 0.6 is 0 Å². The number of nitrogens with two attached hydrogens (primary N) is 1. The number of nitrogen functional groups attached to an aromatic ring is 1. The Kier molecular flexibility index (Phi) is 3.28. The summed E-state index contributed by atoms with van der Waals surface area (Å²) in [5.41, 5.74) is 7.07. The van der Waals surface area contributed by atoms with Crippen LogP contribution in [0.15, 0.2) is 48.7 Å². The maximum atomic E-state index is 5.68. The molecule has 0 fully saturated rings. The molecule has 2 heterocycles. The molecule has 0 spiro atoms. The molecule has 0 aliphatic carbocycles. The second kappa shape index (κ2) is 5.40. The highest BCUT2D eigenvalue weighted by atomic mass is 16.5. The minimum Gasteiger partial charge on any atom is -0.486 e. The van der Waals surface area contributed by atoms with Crippen LogP contribution in [-0.4, -0.2) is 20.2 Å². The molecule has 0 amide bonds. The predicted molar refractivity (Wildman–Crippen MR) is 74.8 cm³/mol. The van der Waals surface area contributed by atoms with E-state index in [9.17, 15) is 0 Å². The number of benzene rings is 1. The summed E-state index contributed by atoms with van der Waals surface area (Å²) in [6.45, 7) is 0.295. The van der Waals surface area contributed by atoms with Crippen LogP contribution in [0.2, 0.25) is 0 Å². The third-order valence-electron chi connectivity index (χ3n) is 2.66. The van der Waals surface area contributed by atoms with Crippen molar-refractivity contribution in [1.82, 2.24) is 20.2 Å². The highest BCUT2D eigenvalue weighted by Gasteiger charge is 2.07. The van der Waals surface area contributed by atoms with Crippen molar-refractivity contribution in [1.29, 1.82) is 0 Å². The first-order valence-corrected chi connectivity index (χ1v) is 6.12. The number of aromatic nitrogens is 4. The Morgan fingerprint density at radius 1 is 1.15 bits per heavy atom. The number of aromatic amines is 1. The maximum absolute atomic E-state index is 5.68. The van der Waals surface area contributed by atoms with E-state index < -0.39 is 0 Å². The van der Waals surface area contributed by atoms with Gasteiger partial charge in [0.05, 0.1) is 0 Å². The molecule has 0 radical (unpaired) electrons. The molecule has 0 bridgehead atoms. The van der Waals surface area contributed by atoms with Gasteiger partial charge in [-0.05, 0) is 24.3 Å². The standard InChI is InChI=1S/C14H13N5O/c15-10-4-3-5-11(8-10)20-9-13-17-14(19-18-13)12-6-1-2-7-16-12/h1-8H,9,15H2,(H,17,18,19). The molecule has 0 saturated heterocycles. The quantitative estimate of drug-likeness (QED) is 0.706. The van der Waals surface area contributed by atoms with Gasteiger partial charge in [0.1, 0.15) is 18.1 Å². The summed E-state index contributed by atoms with van der Waals surface area (Å²) in [7, 11) is 0. The van der Waals surface area contributed by atoms with E-state index in [1.807, 2.05) is 30.3 Å². The molecular formula is C14H13N5O. The van der Waals surface area contributed by atoms with Gasteiger partial charge in [0, 0.05) is 18.0 Å². The van der Waals surface area contributed by atoms with Crippen molar-refractivity contribution >= 4 is 5.69 Å². The van der Waals surface area contributed by atoms with Gasteiger partial charge in [-0.3, -0.25) is 10.1 Å². The van der Waals surface area contributed by atoms with Crippen molar-refractivity contribution in [3.63, 3.8) is 0 Å². The average molecular weight is 267 g/mol. The lowest BCUT2D eigenvalue weighted by atomic mass is 10.3. The fourth-order valence-corrected chi connectivity index (χ4v) is 1.73. The van der Waals surface area contributed by atoms with Crippen LogP contribution in [0.1, 0.15) is 5.82 Å². The Labute approximate surface area is 115 Å². The van der Waals surface area contributed by atoms with Gasteiger partial charge < -0.3 is 10.5 Å². The van der Waals surface area contributed by atoms with Gasteiger partial charge in [-0.2, -0.15) is 5.10 Å². The summed E-state index contributed by atoms with van der Waals surface area (Å²) in [5.74, 6) is 1.88. The molecule has 6 heteroatoms. The lowest BCUT2D eigenvalue weighted by Crippen LogP contribution is -1.98. The van der Waals surface area contributed by atoms with Crippen molar-refractivity contribution in [2.24, 2.45) is 0 Å². The number of H-pyrrole nitrogens is 1. The monoisotopic (exact) mass is 267 g/mol. The molecule has 1 aromatic carbocycles. The summed E-state index contributed by atoms with van der Waals surface area (Å²) in [6.07, 6.45) is 1.70. The molecule has 3 N–H and O–H groups in total. The number of nitrogens with zero attached hydrogens (tertiary/aromatic N) is 3. The summed E-state index contributed by atoms with van der Waals surface area (Å²) >= 11 is 0. The van der Waals surface area contributed by atoms with Crippen LogP contribution in [-0.2, 0) is 6.61 Å². The van der Waals surface area contributed by atoms with Crippen LogP contribution in [0.25, 0.3) is 11.5 Å². The smallest absolute Gasteiger partial charge is 0.199 e. The lowest BCUT2D eigenvalue weighted by Gasteiger charge is -2.03. The van der Waals surface area contributed by atoms with Gasteiger partial charge in [0.2, 0.25) is 0 Å². The van der Waals surface area contributed by atoms with Crippen LogP contribution in [0.4, 0.5) is 5.69 Å². The summed E-state index contributed by atoms with van der Waals surface area (Å²) in [5, 5.41) is 6.94. The topological polar surface area (TPSA) is 89.7 Å². The number of hydrogen-bond donors (Lipinski definition) is 2. The fraction of sp³-hybridized carbons (Fsp3) is 0.0714. The average Bonchev–Trinajstić information content (AvgIpc) is 2.95. The number of pyridine rings is 1. The van der Waals surface area contributed by atoms with Gasteiger partial charge in [-0.15, -0.1) is 0 Å². The summed E-state index contributed by atoms with van der Waals surface area (Å²) in [4.78, 5) is 8.52. The van der Waals surface area contributed by atoms with Crippen LogP contribution < -0.4 is 10.5 Å². The van der Waals surface area contributed by atoms with Gasteiger partial charge in [0.25, 0.3) is 0 Å². The van der Waals surface area contributed by atoms with Gasteiger partial charge in [-0.25, -0.2) is 4.98 Å². The predicted octanol–water partition coefficient (Wildman–Crippen LogP) is 2.03. The highest BCUT2D eigenvalue weighted by Crippen LogP contribution is 2.16. The molecule has 0 aliphatic heterocycles. The highest BCUT2D eigenvalue weighted by molar-refractivity contribution is 5.47. The molecular weight excluding hydrogens is 254 g/mol. The van der Waals surface area contributed by atoms with Gasteiger partial charge in [0.15, 0.2) is 11.6 Å². The molecule has 20 heavy (non-hydrogen) atoms. The third-order valence-corrected chi connectivity index (χ3v) is 2.66. The molecule has 0 atom stereocenters. The number of nitrogens with one attached hydrogen (secondary N) is 1. The van der Waals surface area contributed by atoms with E-state index in [1.54, 1.807) is 18.3 Å². The van der Waals surface area contributed by atoms with E-state index >= 15 is 0 Å². The van der Waals surface area contributed by atoms with E-state index in [1.165, 1.54) is 0 Å². The van der Waals surface area contributed by atoms with Crippen molar-refractivity contribution in [2.75, 3.05) is 5.73 Å². The van der Waals surface area contributed by atoms with Crippen molar-refractivity contribution in [3.05, 3.63) is 54.5 Å². The molecule has 2 aromatic heterocycles. The maximum Gasteiger partial charge on any atom is 0.199 e. The molecule has 3 rings (SSSR count). The second-order valence-corrected chi connectivity index (χ2v) is 4.18. The van der Waals surface area contributed by atoms with E-state index in [-0.39, 0.29) is 0 Å². The second-order valence-electron chi connectivity index (χ2n) is 4.18. The first-order chi connectivity index (χ1) is 9.81. The zero-order valence-corrected chi connectivity index (χ0v) is 10.7. The lowest BCUT2D eigenvalue weighted by molar-refractivity contribution is 0.296. The van der Waals surface area contributed by atoms with E-state index in [2.05, 4.69) is 20.2 Å². The summed E-state index contributed by atoms with van der Waals surface area (Å²) in [6, 6.07) is 12.8. The molecule has 100 valence electrons. The zero-order valence-electron chi connectivity index (χ0n) is 10.7. The van der Waals surface area contributed by atoms with Crippen molar-refractivity contribution in [3.8, 4) is 17.3 Å². The SMILES string of the molecule is Nc1cccc(OCc2nc(-c3ccccn3)n[nH]2)c1.